The maximum atomic E-state index is 12.6. The molecule has 0 aliphatic carbocycles. The second kappa shape index (κ2) is 7.23. The van der Waals surface area contributed by atoms with Gasteiger partial charge in [0.05, 0.1) is 11.0 Å². The Balaban J connectivity index is 2.93. The Morgan fingerprint density at radius 1 is 1.10 bits per heavy atom. The lowest BCUT2D eigenvalue weighted by molar-refractivity contribution is 0.482. The van der Waals surface area contributed by atoms with Crippen molar-refractivity contribution >= 4 is 9.84 Å². The second-order valence-electron chi connectivity index (χ2n) is 5.58. The zero-order valence-corrected chi connectivity index (χ0v) is 14.0. The van der Waals surface area contributed by atoms with Crippen LogP contribution < -0.4 is 5.32 Å². The Labute approximate surface area is 123 Å². The summed E-state index contributed by atoms with van der Waals surface area (Å²) >= 11 is 0. The number of hydrogen-bond donors (Lipinski definition) is 1. The van der Waals surface area contributed by atoms with Gasteiger partial charge in [0.15, 0.2) is 9.84 Å². The van der Waals surface area contributed by atoms with E-state index in [9.17, 15) is 8.42 Å². The molecular formula is C16H27NO2S. The molecule has 20 heavy (non-hydrogen) atoms. The van der Waals surface area contributed by atoms with Gasteiger partial charge in [-0.25, -0.2) is 8.42 Å². The normalized spacial score (nSPS) is 15.1. The molecule has 0 saturated carbocycles. The summed E-state index contributed by atoms with van der Waals surface area (Å²) in [6.45, 7) is 10.6. The van der Waals surface area contributed by atoms with Crippen LogP contribution in [0.25, 0.3) is 0 Å². The van der Waals surface area contributed by atoms with Crippen LogP contribution in [0.3, 0.4) is 0 Å². The standard InChI is InChI=1S/C16H27NO2S/c1-6-16(17-7-2)14(5)20(18,19)11-15-9-12(3)8-13(4)10-15/h8-10,14,16-17H,6-7,11H2,1-5H3. The van der Waals surface area contributed by atoms with Gasteiger partial charge in [-0.15, -0.1) is 0 Å². The fourth-order valence-electron chi connectivity index (χ4n) is 2.67. The van der Waals surface area contributed by atoms with Crippen molar-refractivity contribution in [2.24, 2.45) is 0 Å². The van der Waals surface area contributed by atoms with Crippen molar-refractivity contribution in [1.29, 1.82) is 0 Å². The first-order valence-electron chi connectivity index (χ1n) is 7.32. The van der Waals surface area contributed by atoms with Gasteiger partial charge in [-0.1, -0.05) is 43.2 Å². The van der Waals surface area contributed by atoms with Gasteiger partial charge in [0.2, 0.25) is 0 Å². The second-order valence-corrected chi connectivity index (χ2v) is 7.94. The minimum atomic E-state index is -3.14. The summed E-state index contributed by atoms with van der Waals surface area (Å²) < 4.78 is 25.1. The summed E-state index contributed by atoms with van der Waals surface area (Å²) in [6.07, 6.45) is 0.821. The molecular weight excluding hydrogens is 270 g/mol. The number of aryl methyl sites for hydroxylation is 2. The number of hydrogen-bond acceptors (Lipinski definition) is 3. The predicted octanol–water partition coefficient (Wildman–Crippen LogP) is 2.99. The number of benzene rings is 1. The molecule has 0 heterocycles. The van der Waals surface area contributed by atoms with E-state index in [1.807, 2.05) is 46.8 Å². The molecule has 1 rings (SSSR count). The molecule has 0 bridgehead atoms. The van der Waals surface area contributed by atoms with Crippen LogP contribution in [0.4, 0.5) is 0 Å². The van der Waals surface area contributed by atoms with Gasteiger partial charge < -0.3 is 5.32 Å². The molecule has 2 atom stereocenters. The fourth-order valence-corrected chi connectivity index (χ4v) is 4.35. The molecule has 0 aliphatic heterocycles. The van der Waals surface area contributed by atoms with E-state index in [1.54, 1.807) is 0 Å². The first-order valence-corrected chi connectivity index (χ1v) is 9.03. The number of nitrogens with one attached hydrogen (secondary N) is 1. The molecule has 0 fully saturated rings. The van der Waals surface area contributed by atoms with Gasteiger partial charge in [-0.3, -0.25) is 0 Å². The third kappa shape index (κ3) is 4.60. The van der Waals surface area contributed by atoms with Crippen molar-refractivity contribution in [1.82, 2.24) is 5.32 Å². The minimum absolute atomic E-state index is 0.0240. The number of rotatable bonds is 7. The van der Waals surface area contributed by atoms with Crippen molar-refractivity contribution in [3.05, 3.63) is 34.9 Å². The van der Waals surface area contributed by atoms with Crippen LogP contribution in [-0.2, 0) is 15.6 Å². The zero-order chi connectivity index (χ0) is 15.3. The SMILES string of the molecule is CCNC(CC)C(C)S(=O)(=O)Cc1cc(C)cc(C)c1. The van der Waals surface area contributed by atoms with Crippen molar-refractivity contribution in [2.75, 3.05) is 6.54 Å². The van der Waals surface area contributed by atoms with E-state index < -0.39 is 9.84 Å². The van der Waals surface area contributed by atoms with E-state index in [0.29, 0.717) is 0 Å². The van der Waals surface area contributed by atoms with Gasteiger partial charge in [0.1, 0.15) is 0 Å². The van der Waals surface area contributed by atoms with Crippen LogP contribution in [0, 0.1) is 13.8 Å². The molecule has 0 amide bonds. The Morgan fingerprint density at radius 3 is 2.10 bits per heavy atom. The van der Waals surface area contributed by atoms with Gasteiger partial charge in [-0.2, -0.15) is 0 Å². The predicted molar refractivity (Wildman–Crippen MR) is 85.8 cm³/mol. The van der Waals surface area contributed by atoms with Gasteiger partial charge in [-0.05, 0) is 39.3 Å². The summed E-state index contributed by atoms with van der Waals surface area (Å²) in [5.74, 6) is 0.124. The van der Waals surface area contributed by atoms with Gasteiger partial charge in [0, 0.05) is 6.04 Å². The van der Waals surface area contributed by atoms with Crippen molar-refractivity contribution in [3.63, 3.8) is 0 Å². The van der Waals surface area contributed by atoms with E-state index in [4.69, 9.17) is 0 Å². The van der Waals surface area contributed by atoms with E-state index in [1.165, 1.54) is 0 Å². The molecule has 0 aromatic heterocycles. The van der Waals surface area contributed by atoms with Crippen molar-refractivity contribution < 1.29 is 8.42 Å². The highest BCUT2D eigenvalue weighted by Crippen LogP contribution is 2.18. The Bertz CT molecular complexity index is 517. The molecule has 114 valence electrons. The van der Waals surface area contributed by atoms with Crippen LogP contribution in [0.15, 0.2) is 18.2 Å². The van der Waals surface area contributed by atoms with E-state index in [2.05, 4.69) is 11.4 Å². The summed E-state index contributed by atoms with van der Waals surface area (Å²) in [5.41, 5.74) is 3.11. The quantitative estimate of drug-likeness (QED) is 0.841. The Kier molecular flexibility index (Phi) is 6.21. The van der Waals surface area contributed by atoms with Gasteiger partial charge in [0.25, 0.3) is 0 Å². The molecule has 4 heteroatoms. The lowest BCUT2D eigenvalue weighted by atomic mass is 10.1. The van der Waals surface area contributed by atoms with Crippen LogP contribution in [0.2, 0.25) is 0 Å². The highest BCUT2D eigenvalue weighted by atomic mass is 32.2. The smallest absolute Gasteiger partial charge is 0.158 e. The van der Waals surface area contributed by atoms with Crippen LogP contribution in [-0.4, -0.2) is 26.3 Å². The molecule has 0 spiro atoms. The highest BCUT2D eigenvalue weighted by molar-refractivity contribution is 7.91. The van der Waals surface area contributed by atoms with Crippen LogP contribution >= 0.6 is 0 Å². The lowest BCUT2D eigenvalue weighted by Crippen LogP contribution is -2.42. The molecule has 1 aromatic carbocycles. The van der Waals surface area contributed by atoms with E-state index in [0.717, 1.165) is 29.7 Å². The van der Waals surface area contributed by atoms with Crippen molar-refractivity contribution in [3.8, 4) is 0 Å². The summed E-state index contributed by atoms with van der Waals surface area (Å²) in [6, 6.07) is 6.01. The molecule has 0 radical (unpaired) electrons. The maximum Gasteiger partial charge on any atom is 0.158 e. The first kappa shape index (κ1) is 17.2. The molecule has 1 N–H and O–H groups in total. The summed E-state index contributed by atoms with van der Waals surface area (Å²) in [5, 5.41) is 2.90. The van der Waals surface area contributed by atoms with E-state index in [-0.39, 0.29) is 17.0 Å². The third-order valence-electron chi connectivity index (χ3n) is 3.69. The largest absolute Gasteiger partial charge is 0.313 e. The van der Waals surface area contributed by atoms with E-state index >= 15 is 0 Å². The Hall–Kier alpha value is -0.870. The highest BCUT2D eigenvalue weighted by Gasteiger charge is 2.28. The number of sulfone groups is 1. The molecule has 1 aromatic rings. The third-order valence-corrected chi connectivity index (χ3v) is 5.89. The Morgan fingerprint density at radius 2 is 1.65 bits per heavy atom. The first-order chi connectivity index (χ1) is 9.30. The topological polar surface area (TPSA) is 46.2 Å². The average molecular weight is 297 g/mol. The summed E-state index contributed by atoms with van der Waals surface area (Å²) in [7, 11) is -3.14. The molecule has 0 aliphatic rings. The lowest BCUT2D eigenvalue weighted by Gasteiger charge is -2.23. The summed E-state index contributed by atoms with van der Waals surface area (Å²) in [4.78, 5) is 0. The van der Waals surface area contributed by atoms with Crippen LogP contribution in [0.5, 0.6) is 0 Å². The average Bonchev–Trinajstić information content (AvgIpc) is 2.33. The monoisotopic (exact) mass is 297 g/mol. The minimum Gasteiger partial charge on any atom is -0.313 e. The van der Waals surface area contributed by atoms with Crippen molar-refractivity contribution in [2.45, 2.75) is 58.1 Å². The fraction of sp³-hybridized carbons (Fsp3) is 0.625. The zero-order valence-electron chi connectivity index (χ0n) is 13.2. The molecule has 3 nitrogen and oxygen atoms in total. The maximum absolute atomic E-state index is 12.6. The van der Waals surface area contributed by atoms with Gasteiger partial charge >= 0.3 is 0 Å². The molecule has 0 saturated heterocycles. The molecule has 2 unspecified atom stereocenters. The van der Waals surface area contributed by atoms with Crippen LogP contribution in [0.1, 0.15) is 43.9 Å².